The van der Waals surface area contributed by atoms with E-state index in [-0.39, 0.29) is 5.75 Å². The second-order valence-electron chi connectivity index (χ2n) is 7.93. The number of phenols is 1. The molecule has 3 heterocycles. The number of aromatic nitrogens is 3. The lowest BCUT2D eigenvalue weighted by atomic mass is 9.96. The highest BCUT2D eigenvalue weighted by atomic mass is 35.5. The van der Waals surface area contributed by atoms with Crippen molar-refractivity contribution in [3.8, 4) is 17.0 Å². The van der Waals surface area contributed by atoms with Crippen LogP contribution in [0.3, 0.4) is 0 Å². The Morgan fingerprint density at radius 3 is 2.57 bits per heavy atom. The zero-order chi connectivity index (χ0) is 21.5. The average Bonchev–Trinajstić information content (AvgIpc) is 3.03. The van der Waals surface area contributed by atoms with Crippen molar-refractivity contribution in [1.82, 2.24) is 19.7 Å². The topological polar surface area (TPSA) is 54.2 Å². The highest BCUT2D eigenvalue weighted by Crippen LogP contribution is 2.35. The molecule has 0 radical (unpaired) electrons. The summed E-state index contributed by atoms with van der Waals surface area (Å²) in [6, 6.07) is 7.06. The number of alkyl halides is 3. The standard InChI is InChI=1S/C21H22ClF3N4O/c1-13-8-16(22)10-18(30)19(13)17-9-15-4-7-29(20(15)27-26-17)11-14-2-5-28(6-3-14)12-21(23,24)25/h4,7-10,14,30H,2-3,5-6,11-12H2,1H3. The summed E-state index contributed by atoms with van der Waals surface area (Å²) >= 11 is 5.98. The first-order chi connectivity index (χ1) is 14.2. The fourth-order valence-electron chi connectivity index (χ4n) is 4.17. The number of benzene rings is 1. The molecule has 30 heavy (non-hydrogen) atoms. The van der Waals surface area contributed by atoms with Crippen molar-refractivity contribution >= 4 is 22.6 Å². The largest absolute Gasteiger partial charge is 0.507 e. The fraction of sp³-hybridized carbons (Fsp3) is 0.429. The molecule has 4 rings (SSSR count). The van der Waals surface area contributed by atoms with E-state index in [9.17, 15) is 18.3 Å². The lowest BCUT2D eigenvalue weighted by Crippen LogP contribution is -2.40. The van der Waals surface area contributed by atoms with Gasteiger partial charge in [-0.15, -0.1) is 10.2 Å². The quantitative estimate of drug-likeness (QED) is 0.620. The molecule has 1 N–H and O–H groups in total. The van der Waals surface area contributed by atoms with Crippen LogP contribution in [0.2, 0.25) is 5.02 Å². The Labute approximate surface area is 177 Å². The Morgan fingerprint density at radius 1 is 1.17 bits per heavy atom. The predicted octanol–water partition coefficient (Wildman–Crippen LogP) is 5.04. The van der Waals surface area contributed by atoms with E-state index in [1.165, 1.54) is 11.0 Å². The van der Waals surface area contributed by atoms with E-state index in [4.69, 9.17) is 11.6 Å². The number of hydrogen-bond donors (Lipinski definition) is 1. The zero-order valence-electron chi connectivity index (χ0n) is 16.5. The summed E-state index contributed by atoms with van der Waals surface area (Å²) in [6.07, 6.45) is -0.772. The van der Waals surface area contributed by atoms with Gasteiger partial charge in [-0.05, 0) is 68.6 Å². The number of aromatic hydroxyl groups is 1. The van der Waals surface area contributed by atoms with Crippen LogP contribution in [0.5, 0.6) is 5.75 Å². The molecule has 0 spiro atoms. The van der Waals surface area contributed by atoms with Gasteiger partial charge in [0.1, 0.15) is 5.75 Å². The minimum absolute atomic E-state index is 0.0544. The van der Waals surface area contributed by atoms with Crippen LogP contribution in [0.15, 0.2) is 30.5 Å². The van der Waals surface area contributed by atoms with Gasteiger partial charge in [-0.25, -0.2) is 0 Å². The molecule has 0 unspecified atom stereocenters. The molecule has 0 aliphatic carbocycles. The third-order valence-corrected chi connectivity index (χ3v) is 5.83. The molecule has 9 heteroatoms. The number of rotatable bonds is 4. The van der Waals surface area contributed by atoms with Gasteiger partial charge < -0.3 is 9.67 Å². The number of piperidine rings is 1. The molecule has 2 aromatic heterocycles. The van der Waals surface area contributed by atoms with Crippen LogP contribution in [0.25, 0.3) is 22.3 Å². The van der Waals surface area contributed by atoms with Crippen molar-refractivity contribution in [2.75, 3.05) is 19.6 Å². The number of nitrogens with zero attached hydrogens (tertiary/aromatic N) is 4. The highest BCUT2D eigenvalue weighted by Gasteiger charge is 2.32. The molecule has 3 aromatic rings. The fourth-order valence-corrected chi connectivity index (χ4v) is 4.44. The molecule has 0 bridgehead atoms. The summed E-state index contributed by atoms with van der Waals surface area (Å²) in [5.41, 5.74) is 2.69. The van der Waals surface area contributed by atoms with Gasteiger partial charge in [-0.1, -0.05) is 11.6 Å². The molecule has 160 valence electrons. The summed E-state index contributed by atoms with van der Waals surface area (Å²) in [6.45, 7) is 2.62. The highest BCUT2D eigenvalue weighted by molar-refractivity contribution is 6.31. The second kappa shape index (κ2) is 8.07. The van der Waals surface area contributed by atoms with Crippen molar-refractivity contribution in [3.05, 3.63) is 41.0 Å². The van der Waals surface area contributed by atoms with E-state index in [1.54, 1.807) is 6.07 Å². The molecular weight excluding hydrogens is 417 g/mol. The van der Waals surface area contributed by atoms with Crippen LogP contribution in [0, 0.1) is 12.8 Å². The van der Waals surface area contributed by atoms with E-state index >= 15 is 0 Å². The van der Waals surface area contributed by atoms with Crippen molar-refractivity contribution in [2.24, 2.45) is 5.92 Å². The third-order valence-electron chi connectivity index (χ3n) is 5.61. The maximum Gasteiger partial charge on any atom is 0.401 e. The third kappa shape index (κ3) is 4.54. The Balaban J connectivity index is 1.49. The van der Waals surface area contributed by atoms with Crippen molar-refractivity contribution in [1.29, 1.82) is 0 Å². The molecule has 0 amide bonds. The number of likely N-dealkylation sites (tertiary alicyclic amines) is 1. The Hall–Kier alpha value is -2.32. The maximum atomic E-state index is 12.6. The number of aryl methyl sites for hydroxylation is 1. The number of fused-ring (bicyclic) bond motifs is 1. The van der Waals surface area contributed by atoms with E-state index in [1.807, 2.05) is 29.8 Å². The average molecular weight is 439 g/mol. The maximum absolute atomic E-state index is 12.6. The molecule has 1 aromatic carbocycles. The molecule has 1 aliphatic heterocycles. The van der Waals surface area contributed by atoms with Gasteiger partial charge in [0.2, 0.25) is 0 Å². The van der Waals surface area contributed by atoms with Crippen molar-refractivity contribution in [2.45, 2.75) is 32.5 Å². The Bertz CT molecular complexity index is 1040. The van der Waals surface area contributed by atoms with Crippen LogP contribution in [0.4, 0.5) is 13.2 Å². The zero-order valence-corrected chi connectivity index (χ0v) is 17.2. The number of hydrogen-bond acceptors (Lipinski definition) is 4. The molecule has 0 saturated carbocycles. The normalized spacial score (nSPS) is 16.4. The molecular formula is C21H22ClF3N4O. The van der Waals surface area contributed by atoms with Crippen LogP contribution in [0.1, 0.15) is 18.4 Å². The van der Waals surface area contributed by atoms with Crippen molar-refractivity contribution < 1.29 is 18.3 Å². The van der Waals surface area contributed by atoms with E-state index in [0.29, 0.717) is 41.8 Å². The van der Waals surface area contributed by atoms with Crippen LogP contribution >= 0.6 is 11.6 Å². The van der Waals surface area contributed by atoms with Gasteiger partial charge in [0.15, 0.2) is 5.65 Å². The van der Waals surface area contributed by atoms with Crippen molar-refractivity contribution in [3.63, 3.8) is 0 Å². The van der Waals surface area contributed by atoms with Gasteiger partial charge in [-0.3, -0.25) is 4.90 Å². The Kier molecular flexibility index (Phi) is 5.63. The molecule has 1 aliphatic rings. The van der Waals surface area contributed by atoms with Crippen LogP contribution in [-0.2, 0) is 6.54 Å². The van der Waals surface area contributed by atoms with E-state index in [0.717, 1.165) is 29.4 Å². The summed E-state index contributed by atoms with van der Waals surface area (Å²) in [5, 5.41) is 20.3. The van der Waals surface area contributed by atoms with E-state index < -0.39 is 12.7 Å². The van der Waals surface area contributed by atoms with Gasteiger partial charge in [0.05, 0.1) is 12.2 Å². The first kappa shape index (κ1) is 20.9. The smallest absolute Gasteiger partial charge is 0.401 e. The van der Waals surface area contributed by atoms with Gasteiger partial charge in [-0.2, -0.15) is 13.2 Å². The lowest BCUT2D eigenvalue weighted by Gasteiger charge is -2.32. The summed E-state index contributed by atoms with van der Waals surface area (Å²) < 4.78 is 39.7. The SMILES string of the molecule is Cc1cc(Cl)cc(O)c1-c1cc2ccn(CC3CCN(CC(F)(F)F)CC3)c2nn1. The summed E-state index contributed by atoms with van der Waals surface area (Å²) in [4.78, 5) is 1.47. The number of phenolic OH excluding ortho intramolecular Hbond substituents is 1. The summed E-state index contributed by atoms with van der Waals surface area (Å²) in [7, 11) is 0. The van der Waals surface area contributed by atoms with E-state index in [2.05, 4.69) is 10.2 Å². The second-order valence-corrected chi connectivity index (χ2v) is 8.36. The minimum atomic E-state index is -4.15. The van der Waals surface area contributed by atoms with Gasteiger partial charge in [0, 0.05) is 28.7 Å². The predicted molar refractivity (Wildman–Crippen MR) is 110 cm³/mol. The summed E-state index contributed by atoms with van der Waals surface area (Å²) in [5.74, 6) is 0.354. The molecule has 0 atom stereocenters. The van der Waals surface area contributed by atoms with Crippen LogP contribution < -0.4 is 0 Å². The first-order valence-electron chi connectivity index (χ1n) is 9.81. The number of halogens is 4. The minimum Gasteiger partial charge on any atom is -0.507 e. The monoisotopic (exact) mass is 438 g/mol. The van der Waals surface area contributed by atoms with Gasteiger partial charge in [0.25, 0.3) is 0 Å². The van der Waals surface area contributed by atoms with Gasteiger partial charge >= 0.3 is 6.18 Å². The first-order valence-corrected chi connectivity index (χ1v) is 10.2. The molecule has 1 fully saturated rings. The Morgan fingerprint density at radius 2 is 1.90 bits per heavy atom. The molecule has 1 saturated heterocycles. The lowest BCUT2D eigenvalue weighted by molar-refractivity contribution is -0.148. The van der Waals surface area contributed by atoms with Crippen LogP contribution in [-0.4, -0.2) is 50.6 Å². The molecule has 5 nitrogen and oxygen atoms in total.